The Morgan fingerprint density at radius 1 is 1.29 bits per heavy atom. The molecular formula is C18H19FN4O. The molecule has 1 aromatic carbocycles. The van der Waals surface area contributed by atoms with E-state index in [2.05, 4.69) is 19.5 Å². The van der Waals surface area contributed by atoms with Crippen LogP contribution in [0.5, 0.6) is 0 Å². The van der Waals surface area contributed by atoms with Gasteiger partial charge in [-0.15, -0.1) is 0 Å². The topological polar surface area (TPSA) is 55.7 Å². The second kappa shape index (κ2) is 6.20. The Morgan fingerprint density at radius 2 is 2.17 bits per heavy atom. The first-order valence-corrected chi connectivity index (χ1v) is 8.11. The van der Waals surface area contributed by atoms with E-state index in [0.29, 0.717) is 13.2 Å². The van der Waals surface area contributed by atoms with Crippen molar-refractivity contribution < 1.29 is 9.13 Å². The summed E-state index contributed by atoms with van der Waals surface area (Å²) in [7, 11) is 0. The fourth-order valence-corrected chi connectivity index (χ4v) is 3.50. The van der Waals surface area contributed by atoms with Crippen LogP contribution in [0, 0.1) is 5.82 Å². The molecule has 0 amide bonds. The minimum atomic E-state index is -0.196. The summed E-state index contributed by atoms with van der Waals surface area (Å²) in [5.74, 6) is 0.646. The van der Waals surface area contributed by atoms with E-state index in [4.69, 9.17) is 4.74 Å². The minimum Gasteiger partial charge on any atom is -0.381 e. The fourth-order valence-electron chi connectivity index (χ4n) is 3.50. The Kier molecular flexibility index (Phi) is 3.90. The van der Waals surface area contributed by atoms with Crippen molar-refractivity contribution in [3.8, 4) is 11.5 Å². The van der Waals surface area contributed by atoms with Crippen molar-refractivity contribution in [2.45, 2.75) is 24.8 Å². The third-order valence-corrected chi connectivity index (χ3v) is 4.81. The molecule has 3 heterocycles. The van der Waals surface area contributed by atoms with Crippen LogP contribution >= 0.6 is 0 Å². The van der Waals surface area contributed by atoms with Gasteiger partial charge in [-0.1, -0.05) is 12.1 Å². The fraction of sp³-hybridized carbons (Fsp3) is 0.333. The lowest BCUT2D eigenvalue weighted by Gasteiger charge is -2.38. The maximum absolute atomic E-state index is 13.8. The van der Waals surface area contributed by atoms with E-state index in [-0.39, 0.29) is 11.2 Å². The molecule has 1 aliphatic rings. The van der Waals surface area contributed by atoms with Gasteiger partial charge in [0.05, 0.1) is 12.5 Å². The number of aromatic amines is 1. The van der Waals surface area contributed by atoms with E-state index < -0.39 is 0 Å². The minimum absolute atomic E-state index is 0.157. The number of nitrogens with zero attached hydrogens (tertiary/aromatic N) is 3. The highest BCUT2D eigenvalue weighted by molar-refractivity contribution is 5.48. The van der Waals surface area contributed by atoms with Crippen LogP contribution in [0.25, 0.3) is 11.5 Å². The van der Waals surface area contributed by atoms with Gasteiger partial charge in [0, 0.05) is 37.6 Å². The van der Waals surface area contributed by atoms with Crippen LogP contribution in [-0.4, -0.2) is 32.7 Å². The van der Waals surface area contributed by atoms with Crippen LogP contribution in [0.2, 0.25) is 0 Å². The average molecular weight is 326 g/mol. The lowest BCUT2D eigenvalue weighted by Crippen LogP contribution is -2.38. The van der Waals surface area contributed by atoms with E-state index in [9.17, 15) is 4.39 Å². The summed E-state index contributed by atoms with van der Waals surface area (Å²) in [4.78, 5) is 11.6. The third kappa shape index (κ3) is 2.73. The van der Waals surface area contributed by atoms with Gasteiger partial charge in [-0.3, -0.25) is 0 Å². The lowest BCUT2D eigenvalue weighted by atomic mass is 9.74. The smallest absolute Gasteiger partial charge is 0.158 e. The lowest BCUT2D eigenvalue weighted by molar-refractivity contribution is 0.0435. The Hall–Kier alpha value is -2.47. The molecule has 1 fully saturated rings. The second-order valence-electron chi connectivity index (χ2n) is 6.25. The number of aromatic nitrogens is 4. The second-order valence-corrected chi connectivity index (χ2v) is 6.25. The zero-order valence-corrected chi connectivity index (χ0v) is 13.3. The molecule has 1 saturated heterocycles. The SMILES string of the molecule is Fc1cccc(C2(Cn3ccnc3-c3cnc[nH]3)CCOCC2)c1. The summed E-state index contributed by atoms with van der Waals surface area (Å²) < 4.78 is 21.5. The summed E-state index contributed by atoms with van der Waals surface area (Å²) in [5.41, 5.74) is 1.74. The largest absolute Gasteiger partial charge is 0.381 e. The molecule has 124 valence electrons. The molecule has 0 radical (unpaired) electrons. The predicted molar refractivity (Wildman–Crippen MR) is 87.9 cm³/mol. The maximum Gasteiger partial charge on any atom is 0.158 e. The molecular weight excluding hydrogens is 307 g/mol. The quantitative estimate of drug-likeness (QED) is 0.801. The molecule has 0 atom stereocenters. The Bertz CT molecular complexity index is 806. The molecule has 5 nitrogen and oxygen atoms in total. The number of rotatable bonds is 4. The van der Waals surface area contributed by atoms with Crippen molar-refractivity contribution in [2.24, 2.45) is 0 Å². The van der Waals surface area contributed by atoms with Crippen LogP contribution in [0.15, 0.2) is 49.2 Å². The maximum atomic E-state index is 13.8. The van der Waals surface area contributed by atoms with E-state index >= 15 is 0 Å². The highest BCUT2D eigenvalue weighted by Gasteiger charge is 2.35. The summed E-state index contributed by atoms with van der Waals surface area (Å²) in [6.45, 7) is 2.10. The third-order valence-electron chi connectivity index (χ3n) is 4.81. The molecule has 3 aromatic rings. The van der Waals surface area contributed by atoms with Crippen LogP contribution in [-0.2, 0) is 16.7 Å². The zero-order chi connectivity index (χ0) is 16.4. The summed E-state index contributed by atoms with van der Waals surface area (Å²) >= 11 is 0. The van der Waals surface area contributed by atoms with Gasteiger partial charge in [-0.2, -0.15) is 0 Å². The van der Waals surface area contributed by atoms with Gasteiger partial charge < -0.3 is 14.3 Å². The van der Waals surface area contributed by atoms with Crippen molar-refractivity contribution in [3.05, 3.63) is 60.6 Å². The molecule has 0 bridgehead atoms. The summed E-state index contributed by atoms with van der Waals surface area (Å²) in [6, 6.07) is 6.94. The Labute approximate surface area is 139 Å². The summed E-state index contributed by atoms with van der Waals surface area (Å²) in [5, 5.41) is 0. The number of imidazole rings is 2. The van der Waals surface area contributed by atoms with Crippen molar-refractivity contribution in [2.75, 3.05) is 13.2 Å². The molecule has 0 spiro atoms. The highest BCUT2D eigenvalue weighted by atomic mass is 19.1. The van der Waals surface area contributed by atoms with Gasteiger partial charge in [-0.25, -0.2) is 14.4 Å². The number of nitrogens with one attached hydrogen (secondary N) is 1. The predicted octanol–water partition coefficient (Wildman–Crippen LogP) is 3.16. The average Bonchev–Trinajstić information content (AvgIpc) is 3.27. The molecule has 0 aliphatic carbocycles. The zero-order valence-electron chi connectivity index (χ0n) is 13.3. The van der Waals surface area contributed by atoms with Crippen molar-refractivity contribution in [1.29, 1.82) is 0 Å². The van der Waals surface area contributed by atoms with Crippen LogP contribution in [0.4, 0.5) is 4.39 Å². The Balaban J connectivity index is 1.73. The molecule has 24 heavy (non-hydrogen) atoms. The van der Waals surface area contributed by atoms with Crippen molar-refractivity contribution in [1.82, 2.24) is 19.5 Å². The number of hydrogen-bond donors (Lipinski definition) is 1. The first-order chi connectivity index (χ1) is 11.8. The highest BCUT2D eigenvalue weighted by Crippen LogP contribution is 2.37. The first kappa shape index (κ1) is 15.1. The normalized spacial score (nSPS) is 17.0. The van der Waals surface area contributed by atoms with Crippen molar-refractivity contribution in [3.63, 3.8) is 0 Å². The Morgan fingerprint density at radius 3 is 2.92 bits per heavy atom. The standard InChI is InChI=1S/C18H19FN4O/c19-15-3-1-2-14(10-15)18(4-8-24-9-5-18)12-23-7-6-21-17(23)16-11-20-13-22-16/h1-3,6-7,10-11,13H,4-5,8-9,12H2,(H,20,22). The molecule has 1 aliphatic heterocycles. The van der Waals surface area contributed by atoms with E-state index in [1.807, 2.05) is 12.3 Å². The van der Waals surface area contributed by atoms with Gasteiger partial charge >= 0.3 is 0 Å². The van der Waals surface area contributed by atoms with Crippen LogP contribution < -0.4 is 0 Å². The van der Waals surface area contributed by atoms with Gasteiger partial charge in [-0.05, 0) is 30.5 Å². The van der Waals surface area contributed by atoms with Gasteiger partial charge in [0.15, 0.2) is 5.82 Å². The molecule has 6 heteroatoms. The van der Waals surface area contributed by atoms with E-state index in [0.717, 1.165) is 36.5 Å². The van der Waals surface area contributed by atoms with Crippen LogP contribution in [0.3, 0.4) is 0 Å². The van der Waals surface area contributed by atoms with Gasteiger partial charge in [0.2, 0.25) is 0 Å². The number of H-pyrrole nitrogens is 1. The monoisotopic (exact) mass is 326 g/mol. The molecule has 4 rings (SSSR count). The van der Waals surface area contributed by atoms with Crippen LogP contribution in [0.1, 0.15) is 18.4 Å². The summed E-state index contributed by atoms with van der Waals surface area (Å²) in [6.07, 6.45) is 8.87. The van der Waals surface area contributed by atoms with Crippen molar-refractivity contribution >= 4 is 0 Å². The van der Waals surface area contributed by atoms with Gasteiger partial charge in [0.25, 0.3) is 0 Å². The number of halogens is 1. The number of ether oxygens (including phenoxy) is 1. The first-order valence-electron chi connectivity index (χ1n) is 8.11. The molecule has 2 aromatic heterocycles. The number of hydrogen-bond acceptors (Lipinski definition) is 3. The van der Waals surface area contributed by atoms with E-state index in [1.54, 1.807) is 30.9 Å². The van der Waals surface area contributed by atoms with E-state index in [1.165, 1.54) is 6.07 Å². The molecule has 0 unspecified atom stereocenters. The number of benzene rings is 1. The molecule has 0 saturated carbocycles. The van der Waals surface area contributed by atoms with Gasteiger partial charge in [0.1, 0.15) is 11.5 Å². The molecule has 1 N–H and O–H groups in total.